The van der Waals surface area contributed by atoms with Crippen molar-refractivity contribution >= 4 is 17.9 Å². The van der Waals surface area contributed by atoms with Gasteiger partial charge in [-0.2, -0.15) is 13.2 Å². The van der Waals surface area contributed by atoms with Crippen LogP contribution in [0.15, 0.2) is 23.4 Å². The Bertz CT molecular complexity index is 721. The van der Waals surface area contributed by atoms with E-state index in [1.54, 1.807) is 24.2 Å². The number of pyridine rings is 1. The zero-order valence-electron chi connectivity index (χ0n) is 17.8. The third kappa shape index (κ3) is 6.90. The summed E-state index contributed by atoms with van der Waals surface area (Å²) in [5.74, 6) is 0.867. The van der Waals surface area contributed by atoms with Crippen LogP contribution < -0.4 is 4.74 Å². The van der Waals surface area contributed by atoms with Gasteiger partial charge in [-0.15, -0.1) is 11.8 Å². The molecule has 1 aromatic rings. The number of hydrogen-bond donors (Lipinski definition) is 0. The number of ether oxygens (including phenoxy) is 3. The molecule has 1 saturated carbocycles. The van der Waals surface area contributed by atoms with Crippen molar-refractivity contribution in [2.75, 3.05) is 19.3 Å². The van der Waals surface area contributed by atoms with Crippen molar-refractivity contribution in [3.63, 3.8) is 0 Å². The lowest BCUT2D eigenvalue weighted by Crippen LogP contribution is -2.44. The van der Waals surface area contributed by atoms with Crippen molar-refractivity contribution in [2.24, 2.45) is 0 Å². The Morgan fingerprint density at radius 2 is 1.74 bits per heavy atom. The Kier molecular flexibility index (Phi) is 8.32. The Balaban J connectivity index is 1.37. The van der Waals surface area contributed by atoms with Crippen molar-refractivity contribution in [3.8, 4) is 5.75 Å². The smallest absolute Gasteiger partial charge is 0.425 e. The molecule has 6 nitrogen and oxygen atoms in total. The predicted molar refractivity (Wildman–Crippen MR) is 110 cm³/mol. The third-order valence-electron chi connectivity index (χ3n) is 5.71. The summed E-state index contributed by atoms with van der Waals surface area (Å²) in [6, 6.07) is 1.89. The van der Waals surface area contributed by atoms with Gasteiger partial charge in [0.1, 0.15) is 5.75 Å². The fraction of sp³-hybridized carbons (Fsp3) is 0.714. The molecular weight excluding hydrogens is 433 g/mol. The SMILES string of the molecule is CSc1cnccc1O[C@H]1CC[C@H](OC2CCN(C(=O)OC(C)C(F)(F)F)CC2)CC1. The zero-order chi connectivity index (χ0) is 22.4. The minimum atomic E-state index is -4.55. The van der Waals surface area contributed by atoms with Gasteiger partial charge in [0.05, 0.1) is 23.2 Å². The van der Waals surface area contributed by atoms with Crippen LogP contribution in [0.1, 0.15) is 45.4 Å². The zero-order valence-corrected chi connectivity index (χ0v) is 18.6. The van der Waals surface area contributed by atoms with Crippen LogP contribution in [0, 0.1) is 0 Å². The highest BCUT2D eigenvalue weighted by atomic mass is 32.2. The number of thioether (sulfide) groups is 1. The van der Waals surface area contributed by atoms with Crippen molar-refractivity contribution < 1.29 is 32.2 Å². The first-order valence-electron chi connectivity index (χ1n) is 10.6. The van der Waals surface area contributed by atoms with Crippen LogP contribution in [0.4, 0.5) is 18.0 Å². The van der Waals surface area contributed by atoms with Gasteiger partial charge in [-0.3, -0.25) is 4.98 Å². The molecule has 3 rings (SSSR count). The molecule has 1 saturated heterocycles. The summed E-state index contributed by atoms with van der Waals surface area (Å²) in [4.78, 5) is 18.4. The Morgan fingerprint density at radius 3 is 2.35 bits per heavy atom. The lowest BCUT2D eigenvalue weighted by atomic mass is 9.94. The summed E-state index contributed by atoms with van der Waals surface area (Å²) in [5, 5.41) is 0. The maximum absolute atomic E-state index is 12.6. The first kappa shape index (κ1) is 24.0. The van der Waals surface area contributed by atoms with E-state index in [0.29, 0.717) is 25.9 Å². The van der Waals surface area contributed by atoms with Crippen molar-refractivity contribution in [2.45, 2.75) is 80.9 Å². The number of likely N-dealkylation sites (tertiary alicyclic amines) is 1. The molecule has 1 amide bonds. The number of rotatable bonds is 6. The molecule has 31 heavy (non-hydrogen) atoms. The number of amides is 1. The summed E-state index contributed by atoms with van der Waals surface area (Å²) >= 11 is 1.61. The summed E-state index contributed by atoms with van der Waals surface area (Å²) < 4.78 is 54.6. The fourth-order valence-electron chi connectivity index (χ4n) is 3.82. The number of carbonyl (C=O) groups excluding carboxylic acids is 1. The second-order valence-corrected chi connectivity index (χ2v) is 8.78. The summed E-state index contributed by atoms with van der Waals surface area (Å²) in [6.45, 7) is 1.52. The highest BCUT2D eigenvalue weighted by Crippen LogP contribution is 2.32. The van der Waals surface area contributed by atoms with Crippen LogP contribution in [-0.2, 0) is 9.47 Å². The number of piperidine rings is 1. The Morgan fingerprint density at radius 1 is 1.13 bits per heavy atom. The summed E-state index contributed by atoms with van der Waals surface area (Å²) in [6.07, 6.45) is 3.07. The Hall–Kier alpha value is -1.68. The second-order valence-electron chi connectivity index (χ2n) is 7.93. The van der Waals surface area contributed by atoms with E-state index in [0.717, 1.165) is 43.3 Å². The monoisotopic (exact) mass is 462 g/mol. The highest BCUT2D eigenvalue weighted by molar-refractivity contribution is 7.98. The lowest BCUT2D eigenvalue weighted by molar-refractivity contribution is -0.200. The average molecular weight is 463 g/mol. The first-order valence-corrected chi connectivity index (χ1v) is 11.8. The summed E-state index contributed by atoms with van der Waals surface area (Å²) in [5.41, 5.74) is 0. The van der Waals surface area contributed by atoms with Gasteiger partial charge in [0, 0.05) is 25.5 Å². The van der Waals surface area contributed by atoms with Gasteiger partial charge in [0.25, 0.3) is 0 Å². The van der Waals surface area contributed by atoms with Crippen molar-refractivity contribution in [1.29, 1.82) is 0 Å². The van der Waals surface area contributed by atoms with Crippen molar-refractivity contribution in [1.82, 2.24) is 9.88 Å². The molecule has 0 aromatic carbocycles. The number of nitrogens with zero attached hydrogens (tertiary/aromatic N) is 2. The van der Waals surface area contributed by atoms with E-state index in [1.165, 1.54) is 4.90 Å². The molecule has 1 aromatic heterocycles. The van der Waals surface area contributed by atoms with Gasteiger partial charge in [0.2, 0.25) is 0 Å². The average Bonchev–Trinajstić information content (AvgIpc) is 2.75. The van der Waals surface area contributed by atoms with Gasteiger partial charge in [-0.1, -0.05) is 0 Å². The molecule has 1 aliphatic carbocycles. The molecule has 1 atom stereocenters. The fourth-order valence-corrected chi connectivity index (χ4v) is 4.31. The van der Waals surface area contributed by atoms with Crippen molar-refractivity contribution in [3.05, 3.63) is 18.5 Å². The van der Waals surface area contributed by atoms with E-state index in [2.05, 4.69) is 9.72 Å². The lowest BCUT2D eigenvalue weighted by Gasteiger charge is -2.36. The molecule has 0 N–H and O–H groups in total. The van der Waals surface area contributed by atoms with Crippen LogP contribution in [-0.4, -0.2) is 65.9 Å². The van der Waals surface area contributed by atoms with Gasteiger partial charge in [0.15, 0.2) is 6.10 Å². The van der Waals surface area contributed by atoms with Gasteiger partial charge < -0.3 is 19.1 Å². The number of aromatic nitrogens is 1. The van der Waals surface area contributed by atoms with E-state index in [4.69, 9.17) is 9.47 Å². The number of carbonyl (C=O) groups is 1. The topological polar surface area (TPSA) is 60.9 Å². The van der Waals surface area contributed by atoms with E-state index in [1.807, 2.05) is 12.3 Å². The largest absolute Gasteiger partial charge is 0.489 e. The third-order valence-corrected chi connectivity index (χ3v) is 6.45. The normalized spacial score (nSPS) is 24.0. The quantitative estimate of drug-likeness (QED) is 0.551. The highest BCUT2D eigenvalue weighted by Gasteiger charge is 2.40. The first-order chi connectivity index (χ1) is 14.8. The number of hydrogen-bond acceptors (Lipinski definition) is 6. The molecule has 174 valence electrons. The minimum absolute atomic E-state index is 0.00912. The molecule has 0 spiro atoms. The van der Waals surface area contributed by atoms with E-state index < -0.39 is 18.4 Å². The molecule has 0 bridgehead atoms. The molecule has 2 fully saturated rings. The van der Waals surface area contributed by atoms with Gasteiger partial charge in [-0.05, 0) is 57.8 Å². The Labute approximate surface area is 184 Å². The maximum atomic E-state index is 12.6. The van der Waals surface area contributed by atoms with Crippen LogP contribution in [0.2, 0.25) is 0 Å². The van der Waals surface area contributed by atoms with Crippen LogP contribution in [0.5, 0.6) is 5.75 Å². The van der Waals surface area contributed by atoms with Gasteiger partial charge in [-0.25, -0.2) is 4.79 Å². The molecule has 2 heterocycles. The minimum Gasteiger partial charge on any atom is -0.489 e. The molecule has 1 aliphatic heterocycles. The van der Waals surface area contributed by atoms with E-state index in [-0.39, 0.29) is 18.3 Å². The molecule has 1 unspecified atom stereocenters. The van der Waals surface area contributed by atoms with Crippen LogP contribution in [0.3, 0.4) is 0 Å². The molecule has 2 aliphatic rings. The molecule has 10 heteroatoms. The number of halogens is 3. The van der Waals surface area contributed by atoms with Gasteiger partial charge >= 0.3 is 12.3 Å². The van der Waals surface area contributed by atoms with Crippen LogP contribution >= 0.6 is 11.8 Å². The van der Waals surface area contributed by atoms with Crippen LogP contribution in [0.25, 0.3) is 0 Å². The second kappa shape index (κ2) is 10.8. The van der Waals surface area contributed by atoms with E-state index in [9.17, 15) is 18.0 Å². The van der Waals surface area contributed by atoms with E-state index >= 15 is 0 Å². The maximum Gasteiger partial charge on any atom is 0.425 e. The molecular formula is C21H29F3N2O4S. The number of alkyl halides is 3. The predicted octanol–water partition coefficient (Wildman–Crippen LogP) is 5.06. The molecule has 0 radical (unpaired) electrons. The summed E-state index contributed by atoms with van der Waals surface area (Å²) in [7, 11) is 0. The standard InChI is InChI=1S/C21H29F3N2O4S/c1-14(21(22,23)24)28-20(27)26-11-8-17(9-12-26)29-15-3-5-16(6-4-15)30-18-7-10-25-13-19(18)31-2/h7,10,13-17H,3-6,8-9,11-12H2,1-2H3/t14?,15-,16-.